The van der Waals surface area contributed by atoms with Gasteiger partial charge in [0.1, 0.15) is 0 Å². The van der Waals surface area contributed by atoms with Gasteiger partial charge in [0, 0.05) is 16.2 Å². The summed E-state index contributed by atoms with van der Waals surface area (Å²) in [6, 6.07) is 7.89. The molecule has 0 bridgehead atoms. The maximum Gasteiger partial charge on any atom is 0.331 e. The average molecular weight is 206 g/mol. The smallest absolute Gasteiger partial charge is 0.331 e. The monoisotopic (exact) mass is 206 g/mol. The number of carboxylic acid groups (broad SMARTS) is 1. The van der Waals surface area contributed by atoms with Crippen LogP contribution in [0.15, 0.2) is 34.7 Å². The van der Waals surface area contributed by atoms with E-state index < -0.39 is 5.97 Å². The molecule has 0 fully saturated rings. The number of fused-ring (bicyclic) bond motifs is 1. The molecule has 1 N–H and O–H groups in total. The fourth-order valence-electron chi connectivity index (χ4n) is 1.43. The summed E-state index contributed by atoms with van der Waals surface area (Å²) in [6.07, 6.45) is 2.41. The second kappa shape index (κ2) is 3.88. The van der Waals surface area contributed by atoms with Crippen LogP contribution in [-0.2, 0) is 4.79 Å². The van der Waals surface area contributed by atoms with Gasteiger partial charge in [-0.2, -0.15) is 0 Å². The number of hydrogen-bond donors (Lipinski definition) is 1. The number of rotatable bonds is 1. The van der Waals surface area contributed by atoms with Gasteiger partial charge in [0.2, 0.25) is 0 Å². The van der Waals surface area contributed by atoms with Crippen molar-refractivity contribution in [3.63, 3.8) is 0 Å². The van der Waals surface area contributed by atoms with Gasteiger partial charge in [0.25, 0.3) is 0 Å². The molecule has 72 valence electrons. The van der Waals surface area contributed by atoms with E-state index in [4.69, 9.17) is 5.11 Å². The van der Waals surface area contributed by atoms with Gasteiger partial charge in [-0.25, -0.2) is 4.79 Å². The largest absolute Gasteiger partial charge is 0.478 e. The van der Waals surface area contributed by atoms with Crippen molar-refractivity contribution >= 4 is 23.8 Å². The van der Waals surface area contributed by atoms with Gasteiger partial charge >= 0.3 is 5.97 Å². The Bertz CT molecular complexity index is 396. The molecule has 1 aliphatic heterocycles. The Morgan fingerprint density at radius 3 is 2.93 bits per heavy atom. The Labute approximate surface area is 86.6 Å². The van der Waals surface area contributed by atoms with Crippen LogP contribution in [0.4, 0.5) is 0 Å². The normalized spacial score (nSPS) is 15.3. The molecule has 1 aliphatic rings. The first-order valence-corrected chi connectivity index (χ1v) is 5.41. The van der Waals surface area contributed by atoms with Gasteiger partial charge in [-0.15, -0.1) is 11.8 Å². The molecule has 2 rings (SSSR count). The lowest BCUT2D eigenvalue weighted by Crippen LogP contribution is -2.00. The summed E-state index contributed by atoms with van der Waals surface area (Å²) in [4.78, 5) is 12.0. The van der Waals surface area contributed by atoms with Crippen molar-refractivity contribution in [1.29, 1.82) is 0 Å². The zero-order chi connectivity index (χ0) is 9.97. The lowest BCUT2D eigenvalue weighted by Gasteiger charge is -1.99. The van der Waals surface area contributed by atoms with Crippen molar-refractivity contribution in [2.75, 3.05) is 5.75 Å². The van der Waals surface area contributed by atoms with E-state index in [1.165, 1.54) is 4.90 Å². The van der Waals surface area contributed by atoms with E-state index >= 15 is 0 Å². The highest BCUT2D eigenvalue weighted by Gasteiger charge is 2.12. The molecular formula is C11H10O2S. The van der Waals surface area contributed by atoms with Crippen molar-refractivity contribution in [2.45, 2.75) is 11.3 Å². The van der Waals surface area contributed by atoms with Gasteiger partial charge in [0.05, 0.1) is 0 Å². The number of hydrogen-bond acceptors (Lipinski definition) is 2. The minimum atomic E-state index is -0.803. The number of aliphatic carboxylic acids is 1. The van der Waals surface area contributed by atoms with Gasteiger partial charge in [-0.05, 0) is 24.1 Å². The summed E-state index contributed by atoms with van der Waals surface area (Å²) in [5.41, 5.74) is 1.52. The molecule has 2 nitrogen and oxygen atoms in total. The third-order valence-corrected chi connectivity index (χ3v) is 3.24. The zero-order valence-electron chi connectivity index (χ0n) is 7.56. The van der Waals surface area contributed by atoms with E-state index in [1.54, 1.807) is 17.8 Å². The summed E-state index contributed by atoms with van der Waals surface area (Å²) < 4.78 is 0. The van der Waals surface area contributed by atoms with E-state index in [9.17, 15) is 4.79 Å². The van der Waals surface area contributed by atoms with Crippen LogP contribution in [0.3, 0.4) is 0 Å². The van der Waals surface area contributed by atoms with Gasteiger partial charge < -0.3 is 5.11 Å². The Morgan fingerprint density at radius 1 is 1.36 bits per heavy atom. The first-order chi connectivity index (χ1) is 6.77. The Hall–Kier alpha value is -1.22. The van der Waals surface area contributed by atoms with Gasteiger partial charge in [-0.1, -0.05) is 18.2 Å². The van der Waals surface area contributed by atoms with Crippen LogP contribution in [-0.4, -0.2) is 16.8 Å². The topological polar surface area (TPSA) is 37.3 Å². The number of carbonyl (C=O) groups is 1. The molecular weight excluding hydrogens is 196 g/mol. The van der Waals surface area contributed by atoms with Crippen LogP contribution in [0.2, 0.25) is 0 Å². The first kappa shape index (κ1) is 9.34. The Morgan fingerprint density at radius 2 is 2.14 bits per heavy atom. The minimum Gasteiger partial charge on any atom is -0.478 e. The second-order valence-corrected chi connectivity index (χ2v) is 4.25. The first-order valence-electron chi connectivity index (χ1n) is 4.43. The molecule has 1 aromatic rings. The highest BCUT2D eigenvalue weighted by molar-refractivity contribution is 7.99. The van der Waals surface area contributed by atoms with Crippen molar-refractivity contribution in [3.8, 4) is 0 Å². The molecule has 1 heterocycles. The fourth-order valence-corrected chi connectivity index (χ4v) is 2.44. The lowest BCUT2D eigenvalue weighted by atomic mass is 10.1. The highest BCUT2D eigenvalue weighted by atomic mass is 32.2. The molecule has 0 aliphatic carbocycles. The number of benzene rings is 1. The van der Waals surface area contributed by atoms with E-state index in [-0.39, 0.29) is 0 Å². The van der Waals surface area contributed by atoms with Crippen LogP contribution in [0.1, 0.15) is 12.0 Å². The van der Waals surface area contributed by atoms with Crippen LogP contribution < -0.4 is 0 Å². The summed E-state index contributed by atoms with van der Waals surface area (Å²) >= 11 is 1.72. The Kier molecular flexibility index (Phi) is 2.59. The van der Waals surface area contributed by atoms with Crippen LogP contribution in [0.5, 0.6) is 0 Å². The molecule has 0 saturated heterocycles. The van der Waals surface area contributed by atoms with E-state index in [0.717, 1.165) is 11.3 Å². The molecule has 0 aromatic heterocycles. The minimum absolute atomic E-state index is 0.502. The maximum atomic E-state index is 10.8. The summed E-state index contributed by atoms with van der Waals surface area (Å²) in [7, 11) is 0. The van der Waals surface area contributed by atoms with Crippen molar-refractivity contribution in [2.24, 2.45) is 0 Å². The van der Waals surface area contributed by atoms with Crippen LogP contribution >= 0.6 is 11.8 Å². The predicted molar refractivity (Wildman–Crippen MR) is 57.4 cm³/mol. The van der Waals surface area contributed by atoms with Crippen LogP contribution in [0.25, 0.3) is 6.08 Å². The van der Waals surface area contributed by atoms with Crippen LogP contribution in [0, 0.1) is 0 Å². The van der Waals surface area contributed by atoms with Crippen molar-refractivity contribution in [3.05, 3.63) is 35.4 Å². The van der Waals surface area contributed by atoms with Gasteiger partial charge in [-0.3, -0.25) is 0 Å². The van der Waals surface area contributed by atoms with E-state index in [1.807, 2.05) is 24.3 Å². The summed E-state index contributed by atoms with van der Waals surface area (Å²) in [6.45, 7) is 0. The number of thioether (sulfide) groups is 1. The molecule has 0 radical (unpaired) electrons. The molecule has 1 aromatic carbocycles. The maximum absolute atomic E-state index is 10.8. The predicted octanol–water partition coefficient (Wildman–Crippen LogP) is 2.65. The SMILES string of the molecule is O=C(O)C1=Cc2ccccc2SCC1. The second-order valence-electron chi connectivity index (χ2n) is 3.11. The van der Waals surface area contributed by atoms with E-state index in [2.05, 4.69) is 0 Å². The summed E-state index contributed by atoms with van der Waals surface area (Å²) in [5, 5.41) is 8.91. The molecule has 0 amide bonds. The third-order valence-electron chi connectivity index (χ3n) is 2.15. The molecule has 0 unspecified atom stereocenters. The highest BCUT2D eigenvalue weighted by Crippen LogP contribution is 2.30. The number of carboxylic acids is 1. The molecule has 0 spiro atoms. The molecule has 14 heavy (non-hydrogen) atoms. The van der Waals surface area contributed by atoms with Crippen molar-refractivity contribution < 1.29 is 9.90 Å². The Balaban J connectivity index is 2.44. The van der Waals surface area contributed by atoms with E-state index in [0.29, 0.717) is 12.0 Å². The average Bonchev–Trinajstić information content (AvgIpc) is 2.39. The fraction of sp³-hybridized carbons (Fsp3) is 0.182. The quantitative estimate of drug-likeness (QED) is 0.767. The summed E-state index contributed by atoms with van der Waals surface area (Å²) in [5.74, 6) is 0.0390. The standard InChI is InChI=1S/C11H10O2S/c12-11(13)9-5-6-14-10-4-2-1-3-8(10)7-9/h1-4,7H,5-6H2,(H,12,13). The van der Waals surface area contributed by atoms with Gasteiger partial charge in [0.15, 0.2) is 0 Å². The molecule has 3 heteroatoms. The molecule has 0 saturated carbocycles. The molecule has 0 atom stereocenters. The zero-order valence-corrected chi connectivity index (χ0v) is 8.38. The lowest BCUT2D eigenvalue weighted by molar-refractivity contribution is -0.132. The third kappa shape index (κ3) is 1.82. The van der Waals surface area contributed by atoms with Crippen molar-refractivity contribution in [1.82, 2.24) is 0 Å².